The zero-order valence-electron chi connectivity index (χ0n) is 13.9. The number of cyclic esters (lactones) is 1. The van der Waals surface area contributed by atoms with Crippen molar-refractivity contribution in [2.75, 3.05) is 18.5 Å². The Morgan fingerprint density at radius 3 is 2.85 bits per heavy atom. The monoisotopic (exact) mass is 391 g/mol. The molecule has 26 heavy (non-hydrogen) atoms. The summed E-state index contributed by atoms with van der Waals surface area (Å²) in [4.78, 5) is 25.4. The van der Waals surface area contributed by atoms with Crippen molar-refractivity contribution >= 4 is 29.2 Å². The normalized spacial score (nSPS) is 26.0. The molecule has 0 spiro atoms. The van der Waals surface area contributed by atoms with Crippen LogP contribution in [0, 0.1) is 0 Å². The van der Waals surface area contributed by atoms with E-state index in [0.717, 1.165) is 42.8 Å². The lowest BCUT2D eigenvalue weighted by molar-refractivity contribution is -0.951. The van der Waals surface area contributed by atoms with Crippen LogP contribution in [0.5, 0.6) is 0 Å². The Morgan fingerprint density at radius 2 is 2.12 bits per heavy atom. The number of esters is 1. The third kappa shape index (κ3) is 4.12. The Hall–Kier alpha value is -1.80. The number of ether oxygens (including phenoxy) is 1. The van der Waals surface area contributed by atoms with Crippen LogP contribution < -0.4 is 10.2 Å². The van der Waals surface area contributed by atoms with Gasteiger partial charge in [0.05, 0.1) is 23.6 Å². The third-order valence-electron chi connectivity index (χ3n) is 4.90. The number of carbonyl (C=O) groups excluding carboxylic acids is 2. The van der Waals surface area contributed by atoms with Crippen molar-refractivity contribution in [2.24, 2.45) is 0 Å². The summed E-state index contributed by atoms with van der Waals surface area (Å²) in [7, 11) is 0. The van der Waals surface area contributed by atoms with E-state index in [1.165, 1.54) is 6.07 Å². The van der Waals surface area contributed by atoms with Gasteiger partial charge >= 0.3 is 12.1 Å². The van der Waals surface area contributed by atoms with Gasteiger partial charge in [0, 0.05) is 12.1 Å². The number of anilines is 1. The highest BCUT2D eigenvalue weighted by atomic mass is 35.5. The summed E-state index contributed by atoms with van der Waals surface area (Å²) in [5.41, 5.74) is -1.03. The number of halogens is 4. The van der Waals surface area contributed by atoms with E-state index in [-0.39, 0.29) is 18.2 Å². The summed E-state index contributed by atoms with van der Waals surface area (Å²) in [6.45, 7) is 1.15. The molecule has 5 nitrogen and oxygen atoms in total. The number of morpholine rings is 1. The summed E-state index contributed by atoms with van der Waals surface area (Å²) >= 11 is 5.57. The van der Waals surface area contributed by atoms with Gasteiger partial charge in [-0.3, -0.25) is 4.79 Å². The van der Waals surface area contributed by atoms with E-state index in [9.17, 15) is 22.8 Å². The minimum Gasteiger partial charge on any atom is -0.455 e. The molecule has 0 radical (unpaired) electrons. The van der Waals surface area contributed by atoms with Crippen molar-refractivity contribution in [1.82, 2.24) is 0 Å². The Labute approximate surface area is 153 Å². The topological polar surface area (TPSA) is 59.8 Å². The summed E-state index contributed by atoms with van der Waals surface area (Å²) in [5.74, 6) is -0.957. The second kappa shape index (κ2) is 7.44. The lowest BCUT2D eigenvalue weighted by Crippen LogP contribution is -3.22. The average Bonchev–Trinajstić information content (AvgIpc) is 2.58. The van der Waals surface area contributed by atoms with Crippen LogP contribution >= 0.6 is 11.6 Å². The van der Waals surface area contributed by atoms with Crippen LogP contribution in [-0.2, 0) is 20.5 Å². The van der Waals surface area contributed by atoms with Crippen LogP contribution in [-0.4, -0.2) is 37.1 Å². The maximum absolute atomic E-state index is 12.9. The first-order valence-corrected chi connectivity index (χ1v) is 8.82. The molecular weight excluding hydrogens is 373 g/mol. The maximum atomic E-state index is 12.9. The number of benzene rings is 1. The van der Waals surface area contributed by atoms with Gasteiger partial charge < -0.3 is 15.0 Å². The van der Waals surface area contributed by atoms with E-state index >= 15 is 0 Å². The average molecular weight is 392 g/mol. The van der Waals surface area contributed by atoms with Crippen molar-refractivity contribution in [1.29, 1.82) is 0 Å². The molecule has 2 N–H and O–H groups in total. The molecule has 9 heteroatoms. The van der Waals surface area contributed by atoms with Gasteiger partial charge in [-0.1, -0.05) is 11.6 Å². The highest BCUT2D eigenvalue weighted by Crippen LogP contribution is 2.36. The molecule has 3 rings (SSSR count). The number of alkyl halides is 3. The molecule has 2 fully saturated rings. The highest BCUT2D eigenvalue weighted by Gasteiger charge is 2.44. The van der Waals surface area contributed by atoms with Gasteiger partial charge in [0.15, 0.2) is 6.04 Å². The van der Waals surface area contributed by atoms with Gasteiger partial charge in [0.2, 0.25) is 5.91 Å². The lowest BCUT2D eigenvalue weighted by Gasteiger charge is -2.40. The van der Waals surface area contributed by atoms with Crippen molar-refractivity contribution in [2.45, 2.75) is 43.9 Å². The van der Waals surface area contributed by atoms with E-state index in [1.807, 2.05) is 0 Å². The van der Waals surface area contributed by atoms with E-state index in [2.05, 4.69) is 5.32 Å². The predicted octanol–water partition coefficient (Wildman–Crippen LogP) is 2.05. The first-order chi connectivity index (χ1) is 12.3. The number of carbonyl (C=O) groups is 2. The Kier molecular flexibility index (Phi) is 5.43. The van der Waals surface area contributed by atoms with Gasteiger partial charge in [0.1, 0.15) is 12.6 Å². The highest BCUT2D eigenvalue weighted by molar-refractivity contribution is 6.31. The lowest BCUT2D eigenvalue weighted by atomic mass is 9.97. The number of piperidine rings is 1. The predicted molar refractivity (Wildman–Crippen MR) is 87.9 cm³/mol. The second-order valence-electron chi connectivity index (χ2n) is 6.64. The number of amides is 1. The zero-order chi connectivity index (χ0) is 18.9. The van der Waals surface area contributed by atoms with Crippen molar-refractivity contribution < 1.29 is 32.4 Å². The Bertz CT molecular complexity index is 711. The molecule has 1 aromatic rings. The smallest absolute Gasteiger partial charge is 0.417 e. The fourth-order valence-corrected chi connectivity index (χ4v) is 3.85. The molecule has 2 saturated heterocycles. The molecule has 0 aliphatic carbocycles. The van der Waals surface area contributed by atoms with Crippen LogP contribution in [0.1, 0.15) is 31.2 Å². The molecule has 3 atom stereocenters. The van der Waals surface area contributed by atoms with E-state index in [1.54, 1.807) is 0 Å². The third-order valence-corrected chi connectivity index (χ3v) is 5.23. The molecule has 0 aromatic heterocycles. The maximum Gasteiger partial charge on any atom is 0.417 e. The molecule has 0 bridgehead atoms. The Morgan fingerprint density at radius 1 is 1.35 bits per heavy atom. The van der Waals surface area contributed by atoms with Gasteiger partial charge in [-0.05, 0) is 31.0 Å². The van der Waals surface area contributed by atoms with E-state index in [0.29, 0.717) is 6.61 Å². The number of hydrogen-bond acceptors (Lipinski definition) is 3. The Balaban J connectivity index is 1.69. The number of hydrogen-bond donors (Lipinski definition) is 2. The van der Waals surface area contributed by atoms with Crippen LogP contribution in [0.2, 0.25) is 5.02 Å². The molecule has 1 unspecified atom stereocenters. The molecule has 0 saturated carbocycles. The number of quaternary nitrogens is 1. The quantitative estimate of drug-likeness (QED) is 0.775. The van der Waals surface area contributed by atoms with Crippen LogP contribution in [0.3, 0.4) is 0 Å². The first kappa shape index (κ1) is 19.0. The molecular formula is C17H19ClF3N2O3+. The fraction of sp³-hybridized carbons (Fsp3) is 0.529. The second-order valence-corrected chi connectivity index (χ2v) is 7.05. The molecule has 2 aliphatic heterocycles. The first-order valence-electron chi connectivity index (χ1n) is 8.44. The van der Waals surface area contributed by atoms with Crippen molar-refractivity contribution in [3.8, 4) is 0 Å². The van der Waals surface area contributed by atoms with E-state index < -0.39 is 34.7 Å². The summed E-state index contributed by atoms with van der Waals surface area (Å²) in [6, 6.07) is 2.73. The van der Waals surface area contributed by atoms with Gasteiger partial charge in [-0.15, -0.1) is 0 Å². The molecule has 2 aliphatic rings. The van der Waals surface area contributed by atoms with Crippen molar-refractivity contribution in [3.05, 3.63) is 28.8 Å². The van der Waals surface area contributed by atoms with Gasteiger partial charge in [-0.25, -0.2) is 4.79 Å². The fourth-order valence-electron chi connectivity index (χ4n) is 3.63. The minimum absolute atomic E-state index is 0.0129. The van der Waals surface area contributed by atoms with Gasteiger partial charge in [-0.2, -0.15) is 13.2 Å². The molecule has 2 heterocycles. The molecule has 142 valence electrons. The number of rotatable bonds is 3. The van der Waals surface area contributed by atoms with Crippen molar-refractivity contribution in [3.63, 3.8) is 0 Å². The standard InChI is InChI=1S/C17H18ClF3N2O3/c18-13-5-4-10(7-12(13)17(19,20)21)22-15(24)8-14-16(25)26-9-11-3-1-2-6-23(11)14/h4-5,7,11,14H,1-3,6,8-9H2,(H,22,24)/p+1/t11-,14-/m0/s1. The van der Waals surface area contributed by atoms with Gasteiger partial charge in [0.25, 0.3) is 0 Å². The zero-order valence-corrected chi connectivity index (χ0v) is 14.6. The summed E-state index contributed by atoms with van der Waals surface area (Å²) in [5, 5.41) is 1.99. The van der Waals surface area contributed by atoms with Crippen LogP contribution in [0.4, 0.5) is 18.9 Å². The van der Waals surface area contributed by atoms with Crippen LogP contribution in [0.25, 0.3) is 0 Å². The molecule has 1 aromatic carbocycles. The SMILES string of the molecule is O=C(C[C@H]1C(=O)OC[C@@H]2CCCC[NH+]21)Nc1ccc(Cl)c(C(F)(F)F)c1. The largest absolute Gasteiger partial charge is 0.455 e. The number of nitrogens with one attached hydrogen (secondary N) is 2. The summed E-state index contributed by atoms with van der Waals surface area (Å²) < 4.78 is 43.9. The van der Waals surface area contributed by atoms with E-state index in [4.69, 9.17) is 16.3 Å². The molecule has 1 amide bonds. The summed E-state index contributed by atoms with van der Waals surface area (Å²) in [6.07, 6.45) is -1.77. The van der Waals surface area contributed by atoms with Crippen LogP contribution in [0.15, 0.2) is 18.2 Å². The minimum atomic E-state index is -4.61. The number of fused-ring (bicyclic) bond motifs is 1.